The average molecular weight is 357 g/mol. The number of methoxy groups -OCH3 is 1. The van der Waals surface area contributed by atoms with Crippen LogP contribution in [-0.4, -0.2) is 38.0 Å². The Morgan fingerprint density at radius 3 is 2.31 bits per heavy atom. The lowest BCUT2D eigenvalue weighted by Gasteiger charge is -2.09. The van der Waals surface area contributed by atoms with Gasteiger partial charge in [-0.05, 0) is 43.3 Å². The van der Waals surface area contributed by atoms with E-state index in [9.17, 15) is 14.4 Å². The summed E-state index contributed by atoms with van der Waals surface area (Å²) >= 11 is 0. The number of ether oxygens (including phenoxy) is 3. The smallest absolute Gasteiger partial charge is 0.344 e. The first-order chi connectivity index (χ1) is 12.5. The maximum Gasteiger partial charge on any atom is 0.344 e. The molecule has 2 aromatic carbocycles. The Morgan fingerprint density at radius 2 is 1.65 bits per heavy atom. The molecule has 2 aromatic rings. The monoisotopic (exact) mass is 357 g/mol. The molecule has 7 heteroatoms. The summed E-state index contributed by atoms with van der Waals surface area (Å²) in [5.41, 5.74) is 0.931. The van der Waals surface area contributed by atoms with E-state index in [0.29, 0.717) is 22.7 Å². The summed E-state index contributed by atoms with van der Waals surface area (Å²) in [5, 5.41) is 2.56. The molecule has 1 amide bonds. The summed E-state index contributed by atoms with van der Waals surface area (Å²) in [7, 11) is 1.55. The minimum Gasteiger partial charge on any atom is -0.497 e. The van der Waals surface area contributed by atoms with Crippen molar-refractivity contribution in [3.05, 3.63) is 54.1 Å². The second-order valence-electron chi connectivity index (χ2n) is 5.31. The molecule has 0 saturated carbocycles. The number of anilines is 1. The van der Waals surface area contributed by atoms with Crippen molar-refractivity contribution in [2.24, 2.45) is 0 Å². The van der Waals surface area contributed by atoms with Gasteiger partial charge >= 0.3 is 5.97 Å². The first-order valence-electron chi connectivity index (χ1n) is 7.81. The highest BCUT2D eigenvalue weighted by Crippen LogP contribution is 2.17. The fourth-order valence-corrected chi connectivity index (χ4v) is 2.01. The van der Waals surface area contributed by atoms with Crippen LogP contribution in [0.25, 0.3) is 0 Å². The van der Waals surface area contributed by atoms with Crippen LogP contribution < -0.4 is 14.8 Å². The lowest BCUT2D eigenvalue weighted by atomic mass is 10.1. The highest BCUT2D eigenvalue weighted by atomic mass is 16.6. The lowest BCUT2D eigenvalue weighted by molar-refractivity contribution is -0.149. The second-order valence-corrected chi connectivity index (χ2v) is 5.31. The van der Waals surface area contributed by atoms with E-state index in [1.807, 2.05) is 0 Å². The zero-order valence-corrected chi connectivity index (χ0v) is 14.5. The van der Waals surface area contributed by atoms with Gasteiger partial charge < -0.3 is 19.5 Å². The first-order valence-corrected chi connectivity index (χ1v) is 7.81. The number of carbonyl (C=O) groups excluding carboxylic acids is 3. The second kappa shape index (κ2) is 9.22. The van der Waals surface area contributed by atoms with E-state index in [0.717, 1.165) is 0 Å². The number of hydrogen-bond donors (Lipinski definition) is 1. The zero-order valence-electron chi connectivity index (χ0n) is 14.5. The van der Waals surface area contributed by atoms with Gasteiger partial charge in [0.25, 0.3) is 5.91 Å². The van der Waals surface area contributed by atoms with Crippen LogP contribution >= 0.6 is 0 Å². The average Bonchev–Trinajstić information content (AvgIpc) is 2.65. The van der Waals surface area contributed by atoms with Crippen LogP contribution in [0.4, 0.5) is 5.69 Å². The van der Waals surface area contributed by atoms with Crippen molar-refractivity contribution < 1.29 is 28.6 Å². The van der Waals surface area contributed by atoms with Crippen molar-refractivity contribution in [3.8, 4) is 11.5 Å². The third-order valence-electron chi connectivity index (χ3n) is 3.33. The molecule has 0 aliphatic rings. The molecule has 0 atom stereocenters. The third-order valence-corrected chi connectivity index (χ3v) is 3.33. The molecule has 0 saturated heterocycles. The van der Waals surface area contributed by atoms with E-state index in [1.165, 1.54) is 6.92 Å². The molecule has 0 unspecified atom stereocenters. The third kappa shape index (κ3) is 5.94. The number of esters is 1. The molecule has 0 fully saturated rings. The molecule has 136 valence electrons. The van der Waals surface area contributed by atoms with Gasteiger partial charge in [-0.25, -0.2) is 4.79 Å². The number of nitrogens with one attached hydrogen (secondary N) is 1. The van der Waals surface area contributed by atoms with Gasteiger partial charge in [-0.15, -0.1) is 0 Å². The van der Waals surface area contributed by atoms with Gasteiger partial charge in [0.1, 0.15) is 11.5 Å². The molecule has 0 aromatic heterocycles. The molecule has 0 spiro atoms. The van der Waals surface area contributed by atoms with Gasteiger partial charge in [-0.3, -0.25) is 9.59 Å². The molecule has 7 nitrogen and oxygen atoms in total. The van der Waals surface area contributed by atoms with E-state index >= 15 is 0 Å². The largest absolute Gasteiger partial charge is 0.497 e. The van der Waals surface area contributed by atoms with Gasteiger partial charge in [0, 0.05) is 11.3 Å². The maximum absolute atomic E-state index is 11.8. The highest BCUT2D eigenvalue weighted by molar-refractivity contribution is 5.97. The summed E-state index contributed by atoms with van der Waals surface area (Å²) in [6.07, 6.45) is 0. The molecular formula is C19H19NO6. The summed E-state index contributed by atoms with van der Waals surface area (Å²) in [4.78, 5) is 34.8. The maximum atomic E-state index is 11.8. The Balaban J connectivity index is 1.75. The first kappa shape index (κ1) is 19.0. The normalized spacial score (nSPS) is 9.92. The van der Waals surface area contributed by atoms with Gasteiger partial charge in [-0.1, -0.05) is 12.1 Å². The highest BCUT2D eigenvalue weighted by Gasteiger charge is 2.10. The zero-order chi connectivity index (χ0) is 18.9. The van der Waals surface area contributed by atoms with Crippen LogP contribution in [0.1, 0.15) is 17.3 Å². The Kier molecular flexibility index (Phi) is 6.73. The van der Waals surface area contributed by atoms with Crippen LogP contribution in [0, 0.1) is 0 Å². The Hall–Kier alpha value is -3.35. The van der Waals surface area contributed by atoms with E-state index in [-0.39, 0.29) is 12.4 Å². The topological polar surface area (TPSA) is 90.9 Å². The number of rotatable bonds is 8. The fraction of sp³-hybridized carbons (Fsp3) is 0.211. The van der Waals surface area contributed by atoms with Crippen molar-refractivity contribution in [1.82, 2.24) is 0 Å². The van der Waals surface area contributed by atoms with E-state index < -0.39 is 18.5 Å². The molecule has 1 N–H and O–H groups in total. The Labute approximate surface area is 150 Å². The molecule has 0 aliphatic heterocycles. The van der Waals surface area contributed by atoms with Crippen LogP contribution in [0.15, 0.2) is 48.5 Å². The van der Waals surface area contributed by atoms with Crippen LogP contribution in [0.5, 0.6) is 11.5 Å². The summed E-state index contributed by atoms with van der Waals surface area (Å²) in [6.45, 7) is 0.667. The predicted molar refractivity (Wildman–Crippen MR) is 94.5 cm³/mol. The number of hydrogen-bond acceptors (Lipinski definition) is 6. The van der Waals surface area contributed by atoms with Crippen molar-refractivity contribution in [3.63, 3.8) is 0 Å². The van der Waals surface area contributed by atoms with Gasteiger partial charge in [0.15, 0.2) is 19.0 Å². The van der Waals surface area contributed by atoms with E-state index in [2.05, 4.69) is 5.32 Å². The minimum atomic E-state index is -0.673. The molecule has 2 rings (SSSR count). The van der Waals surface area contributed by atoms with E-state index in [4.69, 9.17) is 14.2 Å². The predicted octanol–water partition coefficient (Wildman–Crippen LogP) is 2.46. The standard InChI is InChI=1S/C19H19NO6/c1-13(21)14-4-3-5-15(10-14)20-18(22)11-26-19(23)12-25-17-8-6-16(24-2)7-9-17/h3-10H,11-12H2,1-2H3,(H,20,22). The number of ketones is 1. The number of amides is 1. The Morgan fingerprint density at radius 1 is 0.962 bits per heavy atom. The Bertz CT molecular complexity index is 785. The molecule has 0 bridgehead atoms. The molecule has 0 aliphatic carbocycles. The molecule has 0 heterocycles. The lowest BCUT2D eigenvalue weighted by Crippen LogP contribution is -2.23. The number of benzene rings is 2. The van der Waals surface area contributed by atoms with Crippen molar-refractivity contribution in [2.75, 3.05) is 25.6 Å². The fourth-order valence-electron chi connectivity index (χ4n) is 2.01. The minimum absolute atomic E-state index is 0.108. The molecular weight excluding hydrogens is 338 g/mol. The van der Waals surface area contributed by atoms with Crippen LogP contribution in [-0.2, 0) is 14.3 Å². The quantitative estimate of drug-likeness (QED) is 0.576. The van der Waals surface area contributed by atoms with Gasteiger partial charge in [0.05, 0.1) is 7.11 Å². The summed E-state index contributed by atoms with van der Waals surface area (Å²) in [5.74, 6) is -0.140. The SMILES string of the molecule is COc1ccc(OCC(=O)OCC(=O)Nc2cccc(C(C)=O)c2)cc1. The number of carbonyl (C=O) groups is 3. The van der Waals surface area contributed by atoms with Crippen molar-refractivity contribution in [1.29, 1.82) is 0 Å². The van der Waals surface area contributed by atoms with E-state index in [1.54, 1.807) is 55.6 Å². The van der Waals surface area contributed by atoms with Gasteiger partial charge in [-0.2, -0.15) is 0 Å². The van der Waals surface area contributed by atoms with Gasteiger partial charge in [0.2, 0.25) is 0 Å². The van der Waals surface area contributed by atoms with Crippen molar-refractivity contribution in [2.45, 2.75) is 6.92 Å². The summed E-state index contributed by atoms with van der Waals surface area (Å²) < 4.78 is 15.1. The van der Waals surface area contributed by atoms with Crippen LogP contribution in [0.2, 0.25) is 0 Å². The molecule has 0 radical (unpaired) electrons. The number of Topliss-reactive ketones (excluding diaryl/α,β-unsaturated/α-hetero) is 1. The molecule has 26 heavy (non-hydrogen) atoms. The van der Waals surface area contributed by atoms with Crippen molar-refractivity contribution >= 4 is 23.3 Å². The summed E-state index contributed by atoms with van der Waals surface area (Å²) in [6, 6.07) is 13.2. The van der Waals surface area contributed by atoms with Crippen LogP contribution in [0.3, 0.4) is 0 Å².